The Morgan fingerprint density at radius 2 is 1.42 bits per heavy atom. The van der Waals surface area contributed by atoms with Crippen LogP contribution in [0.4, 0.5) is 0 Å². The van der Waals surface area contributed by atoms with E-state index in [4.69, 9.17) is 9.47 Å². The Morgan fingerprint density at radius 1 is 0.846 bits per heavy atom. The monoisotopic (exact) mass is 396 g/mol. The van der Waals surface area contributed by atoms with Crippen molar-refractivity contribution in [2.24, 2.45) is 0 Å². The van der Waals surface area contributed by atoms with Crippen molar-refractivity contribution in [2.75, 3.05) is 13.2 Å². The van der Waals surface area contributed by atoms with Crippen molar-refractivity contribution < 1.29 is 9.47 Å². The molecule has 0 aromatic rings. The van der Waals surface area contributed by atoms with Gasteiger partial charge in [-0.15, -0.1) is 12.3 Å². The Morgan fingerprint density at radius 3 is 1.96 bits per heavy atom. The van der Waals surface area contributed by atoms with E-state index in [1.165, 1.54) is 83.1 Å². The molecule has 2 nitrogen and oxygen atoms in total. The second-order valence-electron chi connectivity index (χ2n) is 8.87. The van der Waals surface area contributed by atoms with Crippen molar-refractivity contribution in [3.05, 3.63) is 12.3 Å². The minimum atomic E-state index is -1.20. The summed E-state index contributed by atoms with van der Waals surface area (Å²) in [6.45, 7) is 13.5. The van der Waals surface area contributed by atoms with E-state index in [0.717, 1.165) is 13.2 Å². The molecule has 4 heteroatoms. The van der Waals surface area contributed by atoms with Crippen LogP contribution in [0.5, 0.6) is 0 Å². The van der Waals surface area contributed by atoms with Crippen LogP contribution in [0.25, 0.3) is 0 Å². The highest BCUT2D eigenvalue weighted by Crippen LogP contribution is 2.47. The number of hydrogen-bond acceptors (Lipinski definition) is 2. The lowest BCUT2D eigenvalue weighted by atomic mass is 9.96. The molecule has 0 bridgehead atoms. The van der Waals surface area contributed by atoms with Crippen molar-refractivity contribution in [1.29, 1.82) is 0 Å². The van der Waals surface area contributed by atoms with Crippen molar-refractivity contribution in [3.63, 3.8) is 0 Å². The smallest absolute Gasteiger partial charge is 0.0985 e. The molecule has 0 N–H and O–H groups in total. The number of unbranched alkanes of at least 4 members (excludes halogenated alkanes) is 5. The van der Waals surface area contributed by atoms with Crippen LogP contribution in [-0.4, -0.2) is 41.3 Å². The maximum atomic E-state index is 6.81. The van der Waals surface area contributed by atoms with E-state index >= 15 is 0 Å². The fraction of sp³-hybridized carbons (Fsp3) is 0.909. The third kappa shape index (κ3) is 4.92. The summed E-state index contributed by atoms with van der Waals surface area (Å²) in [4.78, 5) is 0. The lowest BCUT2D eigenvalue weighted by Gasteiger charge is -2.58. The van der Waals surface area contributed by atoms with Crippen molar-refractivity contribution in [2.45, 2.75) is 114 Å². The zero-order valence-electron chi connectivity index (χ0n) is 17.9. The lowest BCUT2D eigenvalue weighted by Crippen LogP contribution is -2.72. The van der Waals surface area contributed by atoms with Gasteiger partial charge in [0, 0.05) is 13.2 Å². The molecule has 0 saturated carbocycles. The van der Waals surface area contributed by atoms with Crippen LogP contribution in [0.2, 0.25) is 19.1 Å². The number of ether oxygens (including phenoxy) is 2. The van der Waals surface area contributed by atoms with Gasteiger partial charge in [-0.1, -0.05) is 64.6 Å². The average Bonchev–Trinajstić information content (AvgIpc) is 2.70. The fourth-order valence-corrected chi connectivity index (χ4v) is 13.1. The zero-order chi connectivity index (χ0) is 18.9. The van der Waals surface area contributed by atoms with Gasteiger partial charge in [-0.2, -0.15) is 0 Å². The molecule has 2 aliphatic heterocycles. The van der Waals surface area contributed by atoms with E-state index in [9.17, 15) is 0 Å². The summed E-state index contributed by atoms with van der Waals surface area (Å²) >= 11 is 0. The second-order valence-corrected chi connectivity index (χ2v) is 15.2. The van der Waals surface area contributed by atoms with Crippen molar-refractivity contribution in [3.8, 4) is 0 Å². The highest BCUT2D eigenvalue weighted by Gasteiger charge is 2.59. The second kappa shape index (κ2) is 11.2. The molecule has 0 aliphatic carbocycles. The normalized spacial score (nSPS) is 32.1. The molecule has 2 fully saturated rings. The molecular formula is C22H44O2Si2. The van der Waals surface area contributed by atoms with Crippen molar-refractivity contribution >= 4 is 17.6 Å². The molecule has 26 heavy (non-hydrogen) atoms. The Balaban J connectivity index is 2.10. The van der Waals surface area contributed by atoms with E-state index in [0.29, 0.717) is 0 Å². The standard InChI is InChI=1S/C22H44O2Si2/c1-5-7-8-9-10-15-20-26(4)22(17-12-14-19-24-22)21(25(3)6-2)16-11-13-18-23-21/h6,25-26H,2,5,7-20H2,1,3-4H3. The Kier molecular flexibility index (Phi) is 9.63. The zero-order valence-corrected chi connectivity index (χ0v) is 20.2. The third-order valence-corrected chi connectivity index (χ3v) is 14.5. The van der Waals surface area contributed by atoms with Gasteiger partial charge in [-0.05, 0) is 38.5 Å². The molecule has 0 aromatic heterocycles. The van der Waals surface area contributed by atoms with Crippen LogP contribution in [0.15, 0.2) is 12.3 Å². The SMILES string of the molecule is C=C[SiH](C)C1(C2([SiH](C)CCCCCCCC)CCCCO2)CCCCO1. The predicted octanol–water partition coefficient (Wildman–Crippen LogP) is 5.74. The summed E-state index contributed by atoms with van der Waals surface area (Å²) in [5, 5.41) is 0.107. The minimum absolute atomic E-state index is 0.0290. The van der Waals surface area contributed by atoms with Gasteiger partial charge in [0.05, 0.1) is 28.0 Å². The van der Waals surface area contributed by atoms with E-state index in [1.807, 2.05) is 0 Å². The average molecular weight is 397 g/mol. The summed E-state index contributed by atoms with van der Waals surface area (Å²) < 4.78 is 13.6. The highest BCUT2D eigenvalue weighted by molar-refractivity contribution is 6.71. The molecule has 0 amide bonds. The number of rotatable bonds is 11. The molecule has 0 aromatic carbocycles. The van der Waals surface area contributed by atoms with Gasteiger partial charge in [0.1, 0.15) is 0 Å². The van der Waals surface area contributed by atoms with Crippen LogP contribution in [0, 0.1) is 0 Å². The van der Waals surface area contributed by atoms with Crippen LogP contribution in [-0.2, 0) is 9.47 Å². The molecule has 2 saturated heterocycles. The quantitative estimate of drug-likeness (QED) is 0.327. The molecule has 2 heterocycles. The molecule has 0 radical (unpaired) electrons. The fourth-order valence-electron chi connectivity index (χ4n) is 5.50. The molecule has 0 spiro atoms. The molecular weight excluding hydrogens is 352 g/mol. The Hall–Kier alpha value is 0.0938. The van der Waals surface area contributed by atoms with Gasteiger partial charge < -0.3 is 9.47 Å². The first-order chi connectivity index (χ1) is 12.6. The lowest BCUT2D eigenvalue weighted by molar-refractivity contribution is -0.164. The van der Waals surface area contributed by atoms with Gasteiger partial charge in [-0.3, -0.25) is 0 Å². The Labute approximate surface area is 166 Å². The topological polar surface area (TPSA) is 18.5 Å². The molecule has 2 aliphatic rings. The van der Waals surface area contributed by atoms with Gasteiger partial charge >= 0.3 is 0 Å². The van der Waals surface area contributed by atoms with Gasteiger partial charge in [0.2, 0.25) is 0 Å². The van der Waals surface area contributed by atoms with Crippen LogP contribution in [0.1, 0.15) is 84.0 Å². The van der Waals surface area contributed by atoms with Gasteiger partial charge in [0.25, 0.3) is 0 Å². The molecule has 4 unspecified atom stereocenters. The predicted molar refractivity (Wildman–Crippen MR) is 119 cm³/mol. The summed E-state index contributed by atoms with van der Waals surface area (Å²) in [7, 11) is -2.25. The summed E-state index contributed by atoms with van der Waals surface area (Å²) in [6, 6.07) is 1.43. The first-order valence-corrected chi connectivity index (χ1v) is 16.5. The van der Waals surface area contributed by atoms with Gasteiger partial charge in [0.15, 0.2) is 0 Å². The maximum absolute atomic E-state index is 6.81. The highest BCUT2D eigenvalue weighted by atomic mass is 28.3. The first-order valence-electron chi connectivity index (χ1n) is 11.5. The van der Waals surface area contributed by atoms with E-state index < -0.39 is 17.6 Å². The summed E-state index contributed by atoms with van der Waals surface area (Å²) in [6.07, 6.45) is 16.0. The van der Waals surface area contributed by atoms with Crippen LogP contribution >= 0.6 is 0 Å². The van der Waals surface area contributed by atoms with Crippen molar-refractivity contribution in [1.82, 2.24) is 0 Å². The third-order valence-electron chi connectivity index (χ3n) is 7.20. The van der Waals surface area contributed by atoms with E-state index in [-0.39, 0.29) is 10.4 Å². The van der Waals surface area contributed by atoms with E-state index in [2.05, 4.69) is 32.3 Å². The summed E-state index contributed by atoms with van der Waals surface area (Å²) in [5.74, 6) is 0. The van der Waals surface area contributed by atoms with Gasteiger partial charge in [-0.25, -0.2) is 0 Å². The first kappa shape index (κ1) is 22.4. The largest absolute Gasteiger partial charge is 0.376 e. The molecule has 152 valence electrons. The molecule has 4 atom stereocenters. The summed E-state index contributed by atoms with van der Waals surface area (Å²) in [5.41, 5.74) is 2.27. The van der Waals surface area contributed by atoms with Crippen LogP contribution < -0.4 is 0 Å². The minimum Gasteiger partial charge on any atom is -0.376 e. The number of hydrogen-bond donors (Lipinski definition) is 0. The Bertz CT molecular complexity index is 401. The van der Waals surface area contributed by atoms with E-state index in [1.54, 1.807) is 0 Å². The van der Waals surface area contributed by atoms with Crippen LogP contribution in [0.3, 0.4) is 0 Å². The molecule has 2 rings (SSSR count). The maximum Gasteiger partial charge on any atom is 0.0985 e.